The molecule has 3 heterocycles. The topological polar surface area (TPSA) is 114 Å². The Kier molecular flexibility index (Phi) is 4.71. The maximum Gasteiger partial charge on any atom is 0.258 e. The van der Waals surface area contributed by atoms with Gasteiger partial charge < -0.3 is 15.0 Å². The summed E-state index contributed by atoms with van der Waals surface area (Å²) in [4.78, 5) is 38.7. The standard InChI is InChI=1S/C18H19N5O4S/c1-11-21-22-17(28-11)19-14(24)10-23-9-8-18(7-6-15(23)25)20-16(26)12-4-2-3-5-13(12)27-18/h2-5H,6-10H2,1H3,(H,20,26)(H,19,22,24). The fourth-order valence-electron chi connectivity index (χ4n) is 3.36. The van der Waals surface area contributed by atoms with Gasteiger partial charge in [0.25, 0.3) is 5.91 Å². The first kappa shape index (κ1) is 18.4. The van der Waals surface area contributed by atoms with Crippen molar-refractivity contribution in [3.8, 4) is 5.75 Å². The zero-order valence-corrected chi connectivity index (χ0v) is 16.0. The molecule has 0 saturated carbocycles. The molecule has 1 unspecified atom stereocenters. The number of carbonyl (C=O) groups excluding carboxylic acids is 3. The van der Waals surface area contributed by atoms with Crippen molar-refractivity contribution >= 4 is 34.2 Å². The lowest BCUT2D eigenvalue weighted by molar-refractivity contribution is -0.134. The van der Waals surface area contributed by atoms with Gasteiger partial charge in [0.2, 0.25) is 16.9 Å². The molecule has 1 aromatic heterocycles. The third-order valence-corrected chi connectivity index (χ3v) is 5.52. The Morgan fingerprint density at radius 2 is 2.14 bits per heavy atom. The zero-order valence-electron chi connectivity index (χ0n) is 15.2. The molecular weight excluding hydrogens is 382 g/mol. The maximum absolute atomic E-state index is 12.5. The van der Waals surface area contributed by atoms with E-state index in [0.29, 0.717) is 35.8 Å². The Bertz CT molecular complexity index is 946. The number of hydrogen-bond donors (Lipinski definition) is 2. The number of rotatable bonds is 3. The molecule has 1 saturated heterocycles. The molecule has 4 rings (SSSR count). The highest BCUT2D eigenvalue weighted by atomic mass is 32.1. The van der Waals surface area contributed by atoms with Crippen LogP contribution in [0.4, 0.5) is 5.13 Å². The molecule has 1 aromatic carbocycles. The number of carbonyl (C=O) groups is 3. The molecule has 28 heavy (non-hydrogen) atoms. The summed E-state index contributed by atoms with van der Waals surface area (Å²) in [7, 11) is 0. The lowest BCUT2D eigenvalue weighted by Crippen LogP contribution is -2.56. The van der Waals surface area contributed by atoms with Gasteiger partial charge in [0, 0.05) is 25.8 Å². The minimum atomic E-state index is -0.942. The summed E-state index contributed by atoms with van der Waals surface area (Å²) < 4.78 is 6.08. The molecule has 1 atom stereocenters. The lowest BCUT2D eigenvalue weighted by atomic mass is 10.0. The summed E-state index contributed by atoms with van der Waals surface area (Å²) in [6.07, 6.45) is 0.914. The summed E-state index contributed by atoms with van der Waals surface area (Å²) in [6, 6.07) is 7.03. The SMILES string of the molecule is Cc1nnc(NC(=O)CN2CCC3(CCC2=O)NC(=O)c2ccccc2O3)s1. The Morgan fingerprint density at radius 1 is 1.32 bits per heavy atom. The Hall–Kier alpha value is -3.01. The lowest BCUT2D eigenvalue weighted by Gasteiger charge is -2.38. The monoisotopic (exact) mass is 401 g/mol. The number of para-hydroxylation sites is 1. The van der Waals surface area contributed by atoms with E-state index in [1.54, 1.807) is 31.2 Å². The fraction of sp³-hybridized carbons (Fsp3) is 0.389. The predicted molar refractivity (Wildman–Crippen MR) is 101 cm³/mol. The van der Waals surface area contributed by atoms with E-state index in [1.807, 2.05) is 0 Å². The summed E-state index contributed by atoms with van der Waals surface area (Å²) in [5.41, 5.74) is -0.463. The van der Waals surface area contributed by atoms with Crippen molar-refractivity contribution in [2.45, 2.75) is 31.9 Å². The molecule has 0 radical (unpaired) electrons. The molecule has 9 nitrogen and oxygen atoms in total. The number of amides is 3. The molecular formula is C18H19N5O4S. The van der Waals surface area contributed by atoms with Gasteiger partial charge in [-0.15, -0.1) is 10.2 Å². The maximum atomic E-state index is 12.5. The van der Waals surface area contributed by atoms with Crippen LogP contribution in [0.1, 0.15) is 34.6 Å². The highest BCUT2D eigenvalue weighted by molar-refractivity contribution is 7.15. The second kappa shape index (κ2) is 7.19. The van der Waals surface area contributed by atoms with Crippen molar-refractivity contribution in [2.24, 2.45) is 0 Å². The summed E-state index contributed by atoms with van der Waals surface area (Å²) in [5, 5.41) is 14.4. The first-order valence-electron chi connectivity index (χ1n) is 8.92. The van der Waals surface area contributed by atoms with E-state index in [1.165, 1.54) is 16.2 Å². The number of anilines is 1. The quantitative estimate of drug-likeness (QED) is 0.802. The van der Waals surface area contributed by atoms with Crippen LogP contribution in [0.25, 0.3) is 0 Å². The molecule has 3 amide bonds. The minimum Gasteiger partial charge on any atom is -0.467 e. The normalized spacial score (nSPS) is 21.5. The number of ether oxygens (including phenoxy) is 1. The Balaban J connectivity index is 1.43. The van der Waals surface area contributed by atoms with Gasteiger partial charge in [0.15, 0.2) is 5.72 Å². The largest absolute Gasteiger partial charge is 0.467 e. The van der Waals surface area contributed by atoms with Gasteiger partial charge in [-0.1, -0.05) is 23.5 Å². The van der Waals surface area contributed by atoms with E-state index in [9.17, 15) is 14.4 Å². The van der Waals surface area contributed by atoms with Gasteiger partial charge in [-0.05, 0) is 19.1 Å². The van der Waals surface area contributed by atoms with Gasteiger partial charge in [0.1, 0.15) is 10.8 Å². The second-order valence-electron chi connectivity index (χ2n) is 6.79. The van der Waals surface area contributed by atoms with Crippen molar-refractivity contribution in [3.05, 3.63) is 34.8 Å². The van der Waals surface area contributed by atoms with Crippen molar-refractivity contribution in [2.75, 3.05) is 18.4 Å². The molecule has 146 valence electrons. The minimum absolute atomic E-state index is 0.0852. The van der Waals surface area contributed by atoms with Crippen LogP contribution in [0.3, 0.4) is 0 Å². The highest BCUT2D eigenvalue weighted by Gasteiger charge is 2.42. The average molecular weight is 401 g/mol. The number of fused-ring (bicyclic) bond motifs is 1. The second-order valence-corrected chi connectivity index (χ2v) is 7.97. The van der Waals surface area contributed by atoms with Crippen LogP contribution in [0.5, 0.6) is 5.75 Å². The number of nitrogens with one attached hydrogen (secondary N) is 2. The summed E-state index contributed by atoms with van der Waals surface area (Å²) in [5.74, 6) is -0.194. The van der Waals surface area contributed by atoms with E-state index >= 15 is 0 Å². The first-order valence-corrected chi connectivity index (χ1v) is 9.74. The van der Waals surface area contributed by atoms with E-state index in [-0.39, 0.29) is 30.7 Å². The molecule has 2 aliphatic rings. The number of aromatic nitrogens is 2. The van der Waals surface area contributed by atoms with Crippen LogP contribution >= 0.6 is 11.3 Å². The predicted octanol–water partition coefficient (Wildman–Crippen LogP) is 1.32. The highest BCUT2D eigenvalue weighted by Crippen LogP contribution is 2.33. The van der Waals surface area contributed by atoms with E-state index in [2.05, 4.69) is 20.8 Å². The Labute approximate surface area is 165 Å². The molecule has 2 aromatic rings. The Morgan fingerprint density at radius 3 is 2.93 bits per heavy atom. The van der Waals surface area contributed by atoms with Crippen LogP contribution in [0.15, 0.2) is 24.3 Å². The van der Waals surface area contributed by atoms with Gasteiger partial charge in [0.05, 0.1) is 12.1 Å². The molecule has 1 fully saturated rings. The molecule has 0 aliphatic carbocycles. The van der Waals surface area contributed by atoms with Crippen molar-refractivity contribution in [1.29, 1.82) is 0 Å². The zero-order chi connectivity index (χ0) is 19.7. The van der Waals surface area contributed by atoms with Crippen LogP contribution in [0, 0.1) is 6.92 Å². The van der Waals surface area contributed by atoms with Crippen LogP contribution in [-0.4, -0.2) is 51.6 Å². The summed E-state index contributed by atoms with van der Waals surface area (Å²) in [6.45, 7) is 2.00. The van der Waals surface area contributed by atoms with E-state index in [4.69, 9.17) is 4.74 Å². The molecule has 2 N–H and O–H groups in total. The van der Waals surface area contributed by atoms with Gasteiger partial charge >= 0.3 is 0 Å². The third-order valence-electron chi connectivity index (χ3n) is 4.77. The van der Waals surface area contributed by atoms with E-state index in [0.717, 1.165) is 5.01 Å². The smallest absolute Gasteiger partial charge is 0.258 e. The molecule has 0 bridgehead atoms. The van der Waals surface area contributed by atoms with Crippen LogP contribution in [0.2, 0.25) is 0 Å². The van der Waals surface area contributed by atoms with Crippen molar-refractivity contribution < 1.29 is 19.1 Å². The molecule has 1 spiro atoms. The fourth-order valence-corrected chi connectivity index (χ4v) is 3.97. The average Bonchev–Trinajstić information content (AvgIpc) is 3.01. The molecule has 10 heteroatoms. The first-order chi connectivity index (χ1) is 13.4. The number of aryl methyl sites for hydroxylation is 1. The van der Waals surface area contributed by atoms with Crippen molar-refractivity contribution in [3.63, 3.8) is 0 Å². The van der Waals surface area contributed by atoms with Crippen molar-refractivity contribution in [1.82, 2.24) is 20.4 Å². The molecule has 2 aliphatic heterocycles. The van der Waals surface area contributed by atoms with Crippen LogP contribution in [-0.2, 0) is 9.59 Å². The van der Waals surface area contributed by atoms with Gasteiger partial charge in [-0.2, -0.15) is 0 Å². The van der Waals surface area contributed by atoms with E-state index < -0.39 is 5.72 Å². The van der Waals surface area contributed by atoms with Gasteiger partial charge in [-0.25, -0.2) is 0 Å². The summed E-state index contributed by atoms with van der Waals surface area (Å²) >= 11 is 1.27. The number of likely N-dealkylation sites (tertiary alicyclic amines) is 1. The third kappa shape index (κ3) is 3.68. The number of benzene rings is 1. The van der Waals surface area contributed by atoms with Crippen LogP contribution < -0.4 is 15.4 Å². The number of hydrogen-bond acceptors (Lipinski definition) is 7. The van der Waals surface area contributed by atoms with Gasteiger partial charge in [-0.3, -0.25) is 19.7 Å². The number of nitrogens with zero attached hydrogens (tertiary/aromatic N) is 3.